The number of thiophene rings is 1. The van der Waals surface area contributed by atoms with Crippen molar-refractivity contribution >= 4 is 43.8 Å². The van der Waals surface area contributed by atoms with Crippen LogP contribution in [0.1, 0.15) is 15.4 Å². The molecule has 0 saturated heterocycles. The van der Waals surface area contributed by atoms with Gasteiger partial charge in [0.25, 0.3) is 0 Å². The smallest absolute Gasteiger partial charge is 0.187 e. The molecule has 0 spiro atoms. The van der Waals surface area contributed by atoms with E-state index in [1.165, 1.54) is 0 Å². The summed E-state index contributed by atoms with van der Waals surface area (Å²) >= 11 is 5.04. The van der Waals surface area contributed by atoms with Crippen molar-refractivity contribution in [3.63, 3.8) is 0 Å². The van der Waals surface area contributed by atoms with Crippen LogP contribution in [0.5, 0.6) is 0 Å². The summed E-state index contributed by atoms with van der Waals surface area (Å²) in [5.41, 5.74) is 0.554. The number of halogens is 1. The lowest BCUT2D eigenvalue weighted by Crippen LogP contribution is -2.06. The van der Waals surface area contributed by atoms with E-state index in [0.717, 1.165) is 20.1 Å². The zero-order valence-electron chi connectivity index (χ0n) is 9.97. The molecule has 0 bridgehead atoms. The molecule has 0 amide bonds. The lowest BCUT2D eigenvalue weighted by molar-refractivity contribution is 0.0990. The zero-order valence-corrected chi connectivity index (χ0v) is 12.4. The van der Waals surface area contributed by atoms with Gasteiger partial charge in [0, 0.05) is 27.4 Å². The third-order valence-corrected chi connectivity index (χ3v) is 4.88. The summed E-state index contributed by atoms with van der Waals surface area (Å²) in [7, 11) is 0. The molecule has 0 aliphatic carbocycles. The molecule has 0 unspecified atom stereocenters. The van der Waals surface area contributed by atoms with Crippen molar-refractivity contribution in [2.45, 2.75) is 6.42 Å². The number of hydrogen-bond donors (Lipinski definition) is 0. The van der Waals surface area contributed by atoms with Gasteiger partial charge in [0.15, 0.2) is 5.78 Å². The minimum absolute atomic E-state index is 0.0555. The van der Waals surface area contributed by atoms with Crippen LogP contribution in [0.15, 0.2) is 52.4 Å². The topological polar surface area (TPSA) is 30.0 Å². The van der Waals surface area contributed by atoms with Crippen molar-refractivity contribution in [2.75, 3.05) is 0 Å². The number of carbonyl (C=O) groups excluding carboxylic acids is 1. The van der Waals surface area contributed by atoms with Crippen LogP contribution in [0.3, 0.4) is 0 Å². The molecule has 0 aliphatic rings. The van der Waals surface area contributed by atoms with Gasteiger partial charge in [0.05, 0.1) is 0 Å². The second kappa shape index (κ2) is 5.23. The molecule has 0 radical (unpaired) electrons. The van der Waals surface area contributed by atoms with Crippen LogP contribution in [0.2, 0.25) is 0 Å². The van der Waals surface area contributed by atoms with Crippen LogP contribution in [0, 0.1) is 0 Å². The lowest BCUT2D eigenvalue weighted by atomic mass is 10.1. The Morgan fingerprint density at radius 2 is 2.05 bits per heavy atom. The number of ketones is 1. The number of aromatic nitrogens is 1. The van der Waals surface area contributed by atoms with Gasteiger partial charge in [0.2, 0.25) is 0 Å². The quantitative estimate of drug-likeness (QED) is 0.662. The van der Waals surface area contributed by atoms with Crippen molar-refractivity contribution in [3.8, 4) is 0 Å². The number of fused-ring (bicyclic) bond motifs is 1. The van der Waals surface area contributed by atoms with Crippen LogP contribution < -0.4 is 0 Å². The third kappa shape index (κ3) is 2.46. The van der Waals surface area contributed by atoms with E-state index in [-0.39, 0.29) is 5.78 Å². The Labute approximate surface area is 123 Å². The zero-order chi connectivity index (χ0) is 13.2. The third-order valence-electron chi connectivity index (χ3n) is 2.95. The Kier molecular flexibility index (Phi) is 3.44. The highest BCUT2D eigenvalue weighted by atomic mass is 79.9. The predicted octanol–water partition coefficient (Wildman–Crippen LogP) is 4.48. The van der Waals surface area contributed by atoms with E-state index in [0.29, 0.717) is 12.1 Å². The second-order valence-corrected chi connectivity index (χ2v) is 6.03. The number of nitrogens with zero attached hydrogens (tertiary/aromatic N) is 1. The molecule has 2 heterocycles. The number of benzene rings is 1. The molecule has 1 aromatic carbocycles. The predicted molar refractivity (Wildman–Crippen MR) is 81.8 cm³/mol. The van der Waals surface area contributed by atoms with Crippen molar-refractivity contribution in [3.05, 3.63) is 63.0 Å². The summed E-state index contributed by atoms with van der Waals surface area (Å²) in [4.78, 5) is 17.7. The van der Waals surface area contributed by atoms with Crippen molar-refractivity contribution in [1.82, 2.24) is 4.98 Å². The first kappa shape index (κ1) is 12.5. The Hall–Kier alpha value is -1.52. The molecule has 2 nitrogen and oxygen atoms in total. The highest BCUT2D eigenvalue weighted by Crippen LogP contribution is 2.25. The van der Waals surface area contributed by atoms with Gasteiger partial charge in [-0.1, -0.05) is 24.3 Å². The van der Waals surface area contributed by atoms with E-state index in [2.05, 4.69) is 20.9 Å². The van der Waals surface area contributed by atoms with Crippen molar-refractivity contribution in [2.24, 2.45) is 0 Å². The molecule has 2 aromatic heterocycles. The number of pyridine rings is 1. The van der Waals surface area contributed by atoms with Crippen LogP contribution in [-0.4, -0.2) is 10.8 Å². The van der Waals surface area contributed by atoms with E-state index in [1.807, 2.05) is 41.8 Å². The second-order valence-electron chi connectivity index (χ2n) is 4.17. The Morgan fingerprint density at radius 1 is 1.21 bits per heavy atom. The maximum atomic E-state index is 12.4. The summed E-state index contributed by atoms with van der Waals surface area (Å²) in [5.74, 6) is 0.0555. The normalized spacial score (nSPS) is 10.8. The summed E-state index contributed by atoms with van der Waals surface area (Å²) < 4.78 is 0.992. The Balaban J connectivity index is 2.00. The monoisotopic (exact) mass is 331 g/mol. The Morgan fingerprint density at radius 3 is 2.84 bits per heavy atom. The maximum absolute atomic E-state index is 12.4. The van der Waals surface area contributed by atoms with Crippen LogP contribution in [0.25, 0.3) is 10.8 Å². The van der Waals surface area contributed by atoms with E-state index >= 15 is 0 Å². The molecule has 94 valence electrons. The molecule has 4 heteroatoms. The molecule has 19 heavy (non-hydrogen) atoms. The van der Waals surface area contributed by atoms with E-state index in [1.54, 1.807) is 17.5 Å². The molecular formula is C15H10BrNOS. The highest BCUT2D eigenvalue weighted by Gasteiger charge is 2.14. The lowest BCUT2D eigenvalue weighted by Gasteiger charge is -2.04. The molecule has 0 N–H and O–H groups in total. The van der Waals surface area contributed by atoms with E-state index in [9.17, 15) is 4.79 Å². The average molecular weight is 332 g/mol. The van der Waals surface area contributed by atoms with Gasteiger partial charge >= 0.3 is 0 Å². The molecule has 0 atom stereocenters. The fraction of sp³-hybridized carbons (Fsp3) is 0.0667. The van der Waals surface area contributed by atoms with Gasteiger partial charge in [0.1, 0.15) is 5.69 Å². The number of Topliss-reactive ketones (excluding diaryl/α,β-unsaturated/α-hetero) is 1. The van der Waals surface area contributed by atoms with Crippen molar-refractivity contribution < 1.29 is 4.79 Å². The van der Waals surface area contributed by atoms with Gasteiger partial charge in [-0.05, 0) is 38.8 Å². The van der Waals surface area contributed by atoms with Gasteiger partial charge < -0.3 is 0 Å². The van der Waals surface area contributed by atoms with Gasteiger partial charge in [-0.2, -0.15) is 0 Å². The summed E-state index contributed by atoms with van der Waals surface area (Å²) in [6.45, 7) is 0. The van der Waals surface area contributed by atoms with Gasteiger partial charge in [-0.25, -0.2) is 0 Å². The number of carbonyl (C=O) groups is 1. The molecule has 0 saturated carbocycles. The van der Waals surface area contributed by atoms with Gasteiger partial charge in [-0.3, -0.25) is 9.78 Å². The standard InChI is InChI=1S/C15H10BrNOS/c16-12-6-8-19-14(12)9-13(18)15-11-4-2-1-3-10(11)5-7-17-15/h1-8H,9H2. The van der Waals surface area contributed by atoms with Crippen molar-refractivity contribution in [1.29, 1.82) is 0 Å². The number of rotatable bonds is 3. The first-order valence-corrected chi connectivity index (χ1v) is 7.52. The minimum Gasteiger partial charge on any atom is -0.292 e. The number of hydrogen-bond acceptors (Lipinski definition) is 3. The van der Waals surface area contributed by atoms with E-state index < -0.39 is 0 Å². The fourth-order valence-corrected chi connectivity index (χ4v) is 3.51. The largest absolute Gasteiger partial charge is 0.292 e. The van der Waals surface area contributed by atoms with Gasteiger partial charge in [-0.15, -0.1) is 11.3 Å². The molecule has 0 fully saturated rings. The SMILES string of the molecule is O=C(Cc1sccc1Br)c1nccc2ccccc12. The van der Waals surface area contributed by atoms with Crippen LogP contribution >= 0.6 is 27.3 Å². The first-order chi connectivity index (χ1) is 9.25. The molecule has 3 rings (SSSR count). The first-order valence-electron chi connectivity index (χ1n) is 5.84. The Bertz CT molecular complexity index is 745. The average Bonchev–Trinajstić information content (AvgIpc) is 2.83. The molecular weight excluding hydrogens is 322 g/mol. The van der Waals surface area contributed by atoms with Crippen LogP contribution in [0.4, 0.5) is 0 Å². The fourth-order valence-electron chi connectivity index (χ4n) is 2.02. The molecule has 0 aliphatic heterocycles. The maximum Gasteiger partial charge on any atom is 0.187 e. The van der Waals surface area contributed by atoms with Crippen LogP contribution in [-0.2, 0) is 6.42 Å². The summed E-state index contributed by atoms with van der Waals surface area (Å²) in [6.07, 6.45) is 2.08. The minimum atomic E-state index is 0.0555. The van der Waals surface area contributed by atoms with E-state index in [4.69, 9.17) is 0 Å². The highest BCUT2D eigenvalue weighted by molar-refractivity contribution is 9.10. The summed E-state index contributed by atoms with van der Waals surface area (Å²) in [6, 6.07) is 11.7. The molecule has 3 aromatic rings. The summed E-state index contributed by atoms with van der Waals surface area (Å²) in [5, 5.41) is 3.94.